The van der Waals surface area contributed by atoms with Crippen molar-refractivity contribution in [3.8, 4) is 0 Å². The average Bonchev–Trinajstić information content (AvgIpc) is 2.48. The number of aromatic nitrogens is 1. The summed E-state index contributed by atoms with van der Waals surface area (Å²) < 4.78 is 24.8. The van der Waals surface area contributed by atoms with Crippen LogP contribution in [0.2, 0.25) is 0 Å². The molecule has 1 aromatic heterocycles. The van der Waals surface area contributed by atoms with E-state index in [1.165, 1.54) is 10.6 Å². The lowest BCUT2D eigenvalue weighted by Gasteiger charge is -2.19. The van der Waals surface area contributed by atoms with Gasteiger partial charge in [0.25, 0.3) is 0 Å². The number of sulfonamides is 1. The topological polar surface area (TPSA) is 79.4 Å². The third-order valence-electron chi connectivity index (χ3n) is 3.26. The molecule has 1 aromatic rings. The normalized spacial score (nSPS) is 11.6. The number of pyridine rings is 1. The Morgan fingerprint density at radius 2 is 2.05 bits per heavy atom. The van der Waals surface area contributed by atoms with Crippen molar-refractivity contribution in [2.24, 2.45) is 0 Å². The fourth-order valence-corrected chi connectivity index (χ4v) is 2.87. The molecule has 0 aromatic carbocycles. The molecule has 0 radical (unpaired) electrons. The molecule has 0 atom stereocenters. The van der Waals surface area contributed by atoms with Crippen LogP contribution in [-0.2, 0) is 21.4 Å². The summed E-state index contributed by atoms with van der Waals surface area (Å²) in [5.41, 5.74) is 0.777. The standard InChI is InChI=1S/C15H25N3O3S/c1-3-4-7-11-18(22(2,20)21)12-9-15(19)17-13-14-8-5-6-10-16-14/h5-6,8,10H,3-4,7,9,11-13H2,1-2H3,(H,17,19). The second-order valence-electron chi connectivity index (χ2n) is 5.22. The van der Waals surface area contributed by atoms with Gasteiger partial charge in [-0.1, -0.05) is 25.8 Å². The van der Waals surface area contributed by atoms with Gasteiger partial charge in [0, 0.05) is 25.7 Å². The van der Waals surface area contributed by atoms with E-state index in [-0.39, 0.29) is 18.9 Å². The van der Waals surface area contributed by atoms with E-state index >= 15 is 0 Å². The SMILES string of the molecule is CCCCCN(CCC(=O)NCc1ccccn1)S(C)(=O)=O. The van der Waals surface area contributed by atoms with E-state index in [0.29, 0.717) is 13.1 Å². The summed E-state index contributed by atoms with van der Waals surface area (Å²) in [6.45, 7) is 3.11. The van der Waals surface area contributed by atoms with Crippen LogP contribution in [0.4, 0.5) is 0 Å². The van der Waals surface area contributed by atoms with Gasteiger partial charge in [0.1, 0.15) is 0 Å². The van der Waals surface area contributed by atoms with Crippen LogP contribution < -0.4 is 5.32 Å². The highest BCUT2D eigenvalue weighted by Gasteiger charge is 2.17. The number of hydrogen-bond acceptors (Lipinski definition) is 4. The van der Waals surface area contributed by atoms with Crippen molar-refractivity contribution in [2.45, 2.75) is 39.2 Å². The van der Waals surface area contributed by atoms with E-state index in [0.717, 1.165) is 25.0 Å². The van der Waals surface area contributed by atoms with Gasteiger partial charge < -0.3 is 5.32 Å². The number of amides is 1. The van der Waals surface area contributed by atoms with Crippen LogP contribution in [0.1, 0.15) is 38.3 Å². The predicted molar refractivity (Wildman–Crippen MR) is 86.6 cm³/mol. The zero-order valence-electron chi connectivity index (χ0n) is 13.3. The second kappa shape index (κ2) is 9.53. The number of rotatable bonds is 10. The Kier molecular flexibility index (Phi) is 8.05. The quantitative estimate of drug-likeness (QED) is 0.661. The number of carbonyl (C=O) groups is 1. The minimum Gasteiger partial charge on any atom is -0.350 e. The molecule has 0 saturated heterocycles. The summed E-state index contributed by atoms with van der Waals surface area (Å²) in [7, 11) is -3.27. The maximum Gasteiger partial charge on any atom is 0.221 e. The van der Waals surface area contributed by atoms with Crippen molar-refractivity contribution in [3.63, 3.8) is 0 Å². The first kappa shape index (κ1) is 18.6. The zero-order chi connectivity index (χ0) is 16.4. The van der Waals surface area contributed by atoms with E-state index < -0.39 is 10.0 Å². The largest absolute Gasteiger partial charge is 0.350 e. The molecule has 0 aliphatic heterocycles. The molecule has 124 valence electrons. The molecule has 0 aliphatic rings. The van der Waals surface area contributed by atoms with Gasteiger partial charge in [-0.05, 0) is 18.6 Å². The van der Waals surface area contributed by atoms with Crippen molar-refractivity contribution >= 4 is 15.9 Å². The summed E-state index contributed by atoms with van der Waals surface area (Å²) in [5.74, 6) is -0.171. The maximum atomic E-state index is 11.8. The summed E-state index contributed by atoms with van der Waals surface area (Å²) in [4.78, 5) is 15.9. The number of carbonyl (C=O) groups excluding carboxylic acids is 1. The van der Waals surface area contributed by atoms with Gasteiger partial charge in [0.15, 0.2) is 0 Å². The van der Waals surface area contributed by atoms with Gasteiger partial charge in [-0.3, -0.25) is 9.78 Å². The Balaban J connectivity index is 2.38. The summed E-state index contributed by atoms with van der Waals surface area (Å²) in [5, 5.41) is 2.75. The molecular weight excluding hydrogens is 302 g/mol. The number of nitrogens with one attached hydrogen (secondary N) is 1. The van der Waals surface area contributed by atoms with Gasteiger partial charge in [-0.25, -0.2) is 12.7 Å². The van der Waals surface area contributed by atoms with Crippen molar-refractivity contribution in [3.05, 3.63) is 30.1 Å². The first-order valence-corrected chi connectivity index (χ1v) is 9.40. The summed E-state index contributed by atoms with van der Waals surface area (Å²) in [6.07, 6.45) is 5.84. The lowest BCUT2D eigenvalue weighted by molar-refractivity contribution is -0.121. The van der Waals surface area contributed by atoms with Crippen LogP contribution in [-0.4, -0.2) is 43.0 Å². The molecule has 0 saturated carbocycles. The molecule has 6 nitrogen and oxygen atoms in total. The van der Waals surface area contributed by atoms with E-state index in [4.69, 9.17) is 0 Å². The molecular formula is C15H25N3O3S. The Morgan fingerprint density at radius 3 is 2.64 bits per heavy atom. The fraction of sp³-hybridized carbons (Fsp3) is 0.600. The molecule has 1 amide bonds. The van der Waals surface area contributed by atoms with E-state index in [2.05, 4.69) is 17.2 Å². The van der Waals surface area contributed by atoms with Gasteiger partial charge in [0.2, 0.25) is 15.9 Å². The van der Waals surface area contributed by atoms with Crippen LogP contribution >= 0.6 is 0 Å². The monoisotopic (exact) mass is 327 g/mol. The van der Waals surface area contributed by atoms with Crippen LogP contribution in [0.5, 0.6) is 0 Å². The van der Waals surface area contributed by atoms with Crippen molar-refractivity contribution < 1.29 is 13.2 Å². The van der Waals surface area contributed by atoms with E-state index in [1.807, 2.05) is 18.2 Å². The van der Waals surface area contributed by atoms with Gasteiger partial charge in [0.05, 0.1) is 18.5 Å². The van der Waals surface area contributed by atoms with E-state index in [9.17, 15) is 13.2 Å². The minimum atomic E-state index is -3.27. The lowest BCUT2D eigenvalue weighted by Crippen LogP contribution is -2.35. The molecule has 22 heavy (non-hydrogen) atoms. The first-order valence-electron chi connectivity index (χ1n) is 7.55. The maximum absolute atomic E-state index is 11.8. The lowest BCUT2D eigenvalue weighted by atomic mass is 10.2. The summed E-state index contributed by atoms with van der Waals surface area (Å²) in [6, 6.07) is 5.49. The summed E-state index contributed by atoms with van der Waals surface area (Å²) >= 11 is 0. The third-order valence-corrected chi connectivity index (χ3v) is 4.56. The molecule has 7 heteroatoms. The van der Waals surface area contributed by atoms with Crippen LogP contribution in [0.15, 0.2) is 24.4 Å². The zero-order valence-corrected chi connectivity index (χ0v) is 14.1. The third kappa shape index (κ3) is 7.51. The molecule has 0 bridgehead atoms. The predicted octanol–water partition coefficient (Wildman–Crippen LogP) is 1.54. The smallest absolute Gasteiger partial charge is 0.221 e. The van der Waals surface area contributed by atoms with E-state index in [1.54, 1.807) is 6.20 Å². The van der Waals surface area contributed by atoms with Gasteiger partial charge >= 0.3 is 0 Å². The van der Waals surface area contributed by atoms with Crippen molar-refractivity contribution in [1.29, 1.82) is 0 Å². The van der Waals surface area contributed by atoms with Crippen LogP contribution in [0, 0.1) is 0 Å². The Labute approximate surface area is 133 Å². The molecule has 1 heterocycles. The highest BCUT2D eigenvalue weighted by atomic mass is 32.2. The van der Waals surface area contributed by atoms with Crippen LogP contribution in [0.3, 0.4) is 0 Å². The van der Waals surface area contributed by atoms with Gasteiger partial charge in [-0.2, -0.15) is 0 Å². The molecule has 0 spiro atoms. The number of unbranched alkanes of at least 4 members (excludes halogenated alkanes) is 2. The second-order valence-corrected chi connectivity index (χ2v) is 7.20. The fourth-order valence-electron chi connectivity index (χ4n) is 1.99. The number of nitrogens with zero attached hydrogens (tertiary/aromatic N) is 2. The van der Waals surface area contributed by atoms with Gasteiger partial charge in [-0.15, -0.1) is 0 Å². The molecule has 0 unspecified atom stereocenters. The molecule has 0 aliphatic carbocycles. The van der Waals surface area contributed by atoms with Crippen molar-refractivity contribution in [1.82, 2.24) is 14.6 Å². The minimum absolute atomic E-state index is 0.159. The van der Waals surface area contributed by atoms with Crippen molar-refractivity contribution in [2.75, 3.05) is 19.3 Å². The first-order chi connectivity index (χ1) is 10.4. The average molecular weight is 327 g/mol. The highest BCUT2D eigenvalue weighted by Crippen LogP contribution is 2.04. The molecule has 1 rings (SSSR count). The Morgan fingerprint density at radius 1 is 1.27 bits per heavy atom. The molecule has 1 N–H and O–H groups in total. The number of hydrogen-bond donors (Lipinski definition) is 1. The Bertz CT molecular complexity index is 546. The highest BCUT2D eigenvalue weighted by molar-refractivity contribution is 7.88. The Hall–Kier alpha value is -1.47. The molecule has 0 fully saturated rings. The van der Waals surface area contributed by atoms with Crippen LogP contribution in [0.25, 0.3) is 0 Å².